The predicted octanol–water partition coefficient (Wildman–Crippen LogP) is 3.42. The minimum absolute atomic E-state index is 0.101. The second-order valence-electron chi connectivity index (χ2n) is 8.54. The summed E-state index contributed by atoms with van der Waals surface area (Å²) < 4.78 is 12.6. The standard InChI is InChI=1S/C26H23N7O3/c1-35-19-7-17(8-20(9-19)36-2)23-24(25(27)34)31-33-21(18-11-28-29-12-18)10-22(30-26(23)33)32-13-15-5-3-4-6-16(15)14-32/h3-12H,13-14H2,1-2H3,(H2,27,34)(H,28,29). The van der Waals surface area contributed by atoms with Crippen LogP contribution >= 0.6 is 0 Å². The van der Waals surface area contributed by atoms with E-state index < -0.39 is 5.91 Å². The smallest absolute Gasteiger partial charge is 0.269 e. The van der Waals surface area contributed by atoms with Crippen molar-refractivity contribution in [2.24, 2.45) is 5.73 Å². The molecular formula is C26H23N7O3. The first-order valence-corrected chi connectivity index (χ1v) is 11.3. The number of nitrogens with two attached hydrogens (primary N) is 1. The van der Waals surface area contributed by atoms with Gasteiger partial charge in [-0.05, 0) is 28.8 Å². The molecule has 180 valence electrons. The van der Waals surface area contributed by atoms with Crippen LogP contribution in [0.4, 0.5) is 5.82 Å². The van der Waals surface area contributed by atoms with Crippen LogP contribution in [0.25, 0.3) is 28.0 Å². The molecule has 2 aromatic carbocycles. The number of amides is 1. The Morgan fingerprint density at radius 2 is 1.69 bits per heavy atom. The summed E-state index contributed by atoms with van der Waals surface area (Å²) in [6.07, 6.45) is 3.48. The van der Waals surface area contributed by atoms with E-state index in [4.69, 9.17) is 20.2 Å². The zero-order chi connectivity index (χ0) is 24.8. The highest BCUT2D eigenvalue weighted by atomic mass is 16.5. The first-order chi connectivity index (χ1) is 17.6. The van der Waals surface area contributed by atoms with Crippen molar-refractivity contribution < 1.29 is 14.3 Å². The zero-order valence-corrected chi connectivity index (χ0v) is 19.7. The number of aromatic amines is 1. The molecule has 0 saturated carbocycles. The molecule has 0 bridgehead atoms. The number of nitrogens with zero attached hydrogens (tertiary/aromatic N) is 5. The van der Waals surface area contributed by atoms with E-state index in [0.717, 1.165) is 30.2 Å². The minimum atomic E-state index is -0.662. The first kappa shape index (κ1) is 21.7. The van der Waals surface area contributed by atoms with Gasteiger partial charge in [0.1, 0.15) is 17.3 Å². The van der Waals surface area contributed by atoms with Gasteiger partial charge in [-0.1, -0.05) is 24.3 Å². The van der Waals surface area contributed by atoms with Gasteiger partial charge < -0.3 is 20.1 Å². The Bertz CT molecular complexity index is 1560. The number of H-pyrrole nitrogens is 1. The van der Waals surface area contributed by atoms with Gasteiger partial charge in [-0.3, -0.25) is 9.89 Å². The number of primary amides is 1. The lowest BCUT2D eigenvalue weighted by atomic mass is 10.0. The fraction of sp³-hybridized carbons (Fsp3) is 0.154. The van der Waals surface area contributed by atoms with Crippen molar-refractivity contribution >= 4 is 17.4 Å². The molecule has 0 spiro atoms. The Morgan fingerprint density at radius 3 is 2.28 bits per heavy atom. The Hall–Kier alpha value is -4.86. The summed E-state index contributed by atoms with van der Waals surface area (Å²) in [5, 5.41) is 11.6. The van der Waals surface area contributed by atoms with E-state index in [2.05, 4.69) is 32.3 Å². The third-order valence-electron chi connectivity index (χ3n) is 6.41. The summed E-state index contributed by atoms with van der Waals surface area (Å²) in [5.74, 6) is 1.23. The first-order valence-electron chi connectivity index (χ1n) is 11.3. The summed E-state index contributed by atoms with van der Waals surface area (Å²) in [6, 6.07) is 15.7. The molecule has 4 heterocycles. The number of ether oxygens (including phenoxy) is 2. The number of methoxy groups -OCH3 is 2. The molecular weight excluding hydrogens is 458 g/mol. The molecule has 0 saturated heterocycles. The zero-order valence-electron chi connectivity index (χ0n) is 19.7. The molecule has 1 aliphatic heterocycles. The van der Waals surface area contributed by atoms with Crippen LogP contribution in [0.1, 0.15) is 21.6 Å². The molecule has 0 aliphatic carbocycles. The Labute approximate surface area is 206 Å². The van der Waals surface area contributed by atoms with E-state index in [9.17, 15) is 4.79 Å². The number of nitrogens with one attached hydrogen (secondary N) is 1. The number of carbonyl (C=O) groups excluding carboxylic acids is 1. The van der Waals surface area contributed by atoms with Gasteiger partial charge in [0.05, 0.1) is 31.7 Å². The molecule has 0 atom stereocenters. The minimum Gasteiger partial charge on any atom is -0.497 e. The monoisotopic (exact) mass is 481 g/mol. The SMILES string of the molecule is COc1cc(OC)cc(-c2c(C(N)=O)nn3c(-c4cn[nH]c4)cc(N4Cc5ccccc5C4)nc23)c1. The van der Waals surface area contributed by atoms with Crippen LogP contribution in [0.2, 0.25) is 0 Å². The van der Waals surface area contributed by atoms with Crippen molar-refractivity contribution in [2.45, 2.75) is 13.1 Å². The molecule has 5 aromatic rings. The fourth-order valence-corrected chi connectivity index (χ4v) is 4.65. The van der Waals surface area contributed by atoms with Gasteiger partial charge in [0.25, 0.3) is 5.91 Å². The number of aromatic nitrogens is 5. The number of benzene rings is 2. The summed E-state index contributed by atoms with van der Waals surface area (Å²) in [4.78, 5) is 19.8. The molecule has 3 aromatic heterocycles. The Balaban J connectivity index is 1.62. The van der Waals surface area contributed by atoms with Crippen molar-refractivity contribution in [3.8, 4) is 33.9 Å². The van der Waals surface area contributed by atoms with E-state index in [1.165, 1.54) is 11.1 Å². The van der Waals surface area contributed by atoms with Crippen molar-refractivity contribution in [3.05, 3.63) is 77.7 Å². The van der Waals surface area contributed by atoms with Gasteiger partial charge in [-0.25, -0.2) is 9.50 Å². The topological polar surface area (TPSA) is 124 Å². The average Bonchev–Trinajstić information content (AvgIpc) is 3.65. The average molecular weight is 482 g/mol. The quantitative estimate of drug-likeness (QED) is 0.381. The summed E-state index contributed by atoms with van der Waals surface area (Å²) in [6.45, 7) is 1.45. The third kappa shape index (κ3) is 3.50. The highest BCUT2D eigenvalue weighted by Gasteiger charge is 2.27. The van der Waals surface area contributed by atoms with Gasteiger partial charge in [-0.15, -0.1) is 0 Å². The van der Waals surface area contributed by atoms with Gasteiger partial charge in [0.2, 0.25) is 0 Å². The summed E-state index contributed by atoms with van der Waals surface area (Å²) in [5.41, 5.74) is 11.6. The second-order valence-corrected chi connectivity index (χ2v) is 8.54. The van der Waals surface area contributed by atoms with E-state index in [1.54, 1.807) is 37.2 Å². The van der Waals surface area contributed by atoms with Crippen LogP contribution in [-0.4, -0.2) is 44.9 Å². The largest absolute Gasteiger partial charge is 0.497 e. The molecule has 10 heteroatoms. The molecule has 1 amide bonds. The number of anilines is 1. The van der Waals surface area contributed by atoms with E-state index >= 15 is 0 Å². The molecule has 0 unspecified atom stereocenters. The molecule has 36 heavy (non-hydrogen) atoms. The van der Waals surface area contributed by atoms with Crippen LogP contribution in [0.5, 0.6) is 11.5 Å². The summed E-state index contributed by atoms with van der Waals surface area (Å²) >= 11 is 0. The number of hydrogen-bond acceptors (Lipinski definition) is 7. The van der Waals surface area contributed by atoms with Gasteiger partial charge >= 0.3 is 0 Å². The van der Waals surface area contributed by atoms with Crippen LogP contribution in [0.15, 0.2) is 60.9 Å². The van der Waals surface area contributed by atoms with Crippen molar-refractivity contribution in [1.82, 2.24) is 24.8 Å². The van der Waals surface area contributed by atoms with Crippen LogP contribution in [0.3, 0.4) is 0 Å². The third-order valence-corrected chi connectivity index (χ3v) is 6.41. The fourth-order valence-electron chi connectivity index (χ4n) is 4.65. The highest BCUT2D eigenvalue weighted by Crippen LogP contribution is 2.37. The van der Waals surface area contributed by atoms with Gasteiger partial charge in [0, 0.05) is 37.0 Å². The number of fused-ring (bicyclic) bond motifs is 2. The molecule has 0 radical (unpaired) electrons. The maximum atomic E-state index is 12.6. The molecule has 1 aliphatic rings. The van der Waals surface area contributed by atoms with Gasteiger partial charge in [-0.2, -0.15) is 10.2 Å². The molecule has 6 rings (SSSR count). The Morgan fingerprint density at radius 1 is 1.00 bits per heavy atom. The van der Waals surface area contributed by atoms with E-state index in [1.807, 2.05) is 30.3 Å². The van der Waals surface area contributed by atoms with Crippen LogP contribution < -0.4 is 20.1 Å². The molecule has 0 fully saturated rings. The van der Waals surface area contributed by atoms with Crippen molar-refractivity contribution in [2.75, 3.05) is 19.1 Å². The highest BCUT2D eigenvalue weighted by molar-refractivity contribution is 6.02. The Kier molecular flexibility index (Phi) is 5.06. The summed E-state index contributed by atoms with van der Waals surface area (Å²) in [7, 11) is 3.14. The number of rotatable bonds is 6. The lowest BCUT2D eigenvalue weighted by Gasteiger charge is -2.18. The maximum absolute atomic E-state index is 12.6. The second kappa shape index (κ2) is 8.42. The van der Waals surface area contributed by atoms with Crippen molar-refractivity contribution in [1.29, 1.82) is 0 Å². The van der Waals surface area contributed by atoms with Crippen LogP contribution in [0, 0.1) is 0 Å². The normalized spacial score (nSPS) is 12.7. The van der Waals surface area contributed by atoms with E-state index in [-0.39, 0.29) is 5.69 Å². The lowest BCUT2D eigenvalue weighted by Crippen LogP contribution is -2.17. The molecule has 3 N–H and O–H groups in total. The molecule has 10 nitrogen and oxygen atoms in total. The number of hydrogen-bond donors (Lipinski definition) is 2. The van der Waals surface area contributed by atoms with Crippen LogP contribution in [-0.2, 0) is 13.1 Å². The maximum Gasteiger partial charge on any atom is 0.269 e. The number of carbonyl (C=O) groups is 1. The predicted molar refractivity (Wildman–Crippen MR) is 134 cm³/mol. The van der Waals surface area contributed by atoms with E-state index in [0.29, 0.717) is 28.3 Å². The lowest BCUT2D eigenvalue weighted by molar-refractivity contribution is 0.0996. The van der Waals surface area contributed by atoms with Crippen molar-refractivity contribution in [3.63, 3.8) is 0 Å². The van der Waals surface area contributed by atoms with Gasteiger partial charge in [0.15, 0.2) is 11.3 Å².